The lowest BCUT2D eigenvalue weighted by atomic mass is 10.0. The Morgan fingerprint density at radius 2 is 1.79 bits per heavy atom. The van der Waals surface area contributed by atoms with Gasteiger partial charge in [-0.25, -0.2) is 8.78 Å². The molecule has 0 bridgehead atoms. The van der Waals surface area contributed by atoms with E-state index in [0.29, 0.717) is 10.6 Å². The topological polar surface area (TPSA) is 35.2 Å². The van der Waals surface area contributed by atoms with Crippen molar-refractivity contribution in [1.29, 1.82) is 0 Å². The van der Waals surface area contributed by atoms with Gasteiger partial charge in [0.25, 0.3) is 0 Å². The van der Waals surface area contributed by atoms with Crippen LogP contribution in [0.2, 0.25) is 5.02 Å². The number of halogens is 5. The van der Waals surface area contributed by atoms with Gasteiger partial charge in [-0.1, -0.05) is 23.7 Å². The Kier molecular flexibility index (Phi) is 5.58. The summed E-state index contributed by atoms with van der Waals surface area (Å²) in [7, 11) is 0. The molecule has 19 heavy (non-hydrogen) atoms. The van der Waals surface area contributed by atoms with Gasteiger partial charge in [-0.2, -0.15) is 8.78 Å². The number of ether oxygens (including phenoxy) is 1. The Labute approximate surface area is 113 Å². The number of hydrogen-bond acceptors (Lipinski definition) is 2. The molecule has 0 spiro atoms. The molecule has 0 fully saturated rings. The second-order valence-corrected chi connectivity index (χ2v) is 4.64. The van der Waals surface area contributed by atoms with Crippen molar-refractivity contribution in [2.75, 3.05) is 6.61 Å². The molecular formula is C12H14ClF4NO. The Morgan fingerprint density at radius 1 is 1.26 bits per heavy atom. The Hall–Kier alpha value is -0.850. The molecule has 2 atom stereocenters. The summed E-state index contributed by atoms with van der Waals surface area (Å²) in [6.45, 7) is 0.152. The van der Waals surface area contributed by atoms with Crippen LogP contribution in [0.3, 0.4) is 0 Å². The summed E-state index contributed by atoms with van der Waals surface area (Å²) >= 11 is 5.70. The summed E-state index contributed by atoms with van der Waals surface area (Å²) in [6, 6.07) is 5.56. The molecule has 0 heterocycles. The first-order chi connectivity index (χ1) is 8.74. The molecular weight excluding hydrogens is 286 g/mol. The molecule has 0 radical (unpaired) electrons. The van der Waals surface area contributed by atoms with Gasteiger partial charge in [0, 0.05) is 11.1 Å². The highest BCUT2D eigenvalue weighted by atomic mass is 35.5. The zero-order chi connectivity index (χ0) is 14.6. The molecule has 0 aliphatic carbocycles. The second kappa shape index (κ2) is 6.54. The average molecular weight is 300 g/mol. The van der Waals surface area contributed by atoms with E-state index in [1.165, 1.54) is 0 Å². The fourth-order valence-corrected chi connectivity index (χ4v) is 1.59. The first kappa shape index (κ1) is 16.2. The van der Waals surface area contributed by atoms with Crippen molar-refractivity contribution in [3.05, 3.63) is 34.9 Å². The number of hydrogen-bond donors (Lipinski definition) is 1. The van der Waals surface area contributed by atoms with Crippen molar-refractivity contribution in [3.63, 3.8) is 0 Å². The molecule has 7 heteroatoms. The highest BCUT2D eigenvalue weighted by Crippen LogP contribution is 2.28. The van der Waals surface area contributed by atoms with Crippen LogP contribution in [0.5, 0.6) is 0 Å². The minimum absolute atomic E-state index is 0.463. The van der Waals surface area contributed by atoms with Crippen LogP contribution >= 0.6 is 11.6 Å². The van der Waals surface area contributed by atoms with Gasteiger partial charge < -0.3 is 10.5 Å². The fourth-order valence-electron chi connectivity index (χ4n) is 1.47. The van der Waals surface area contributed by atoms with Crippen LogP contribution in [0.25, 0.3) is 0 Å². The van der Waals surface area contributed by atoms with Crippen molar-refractivity contribution in [1.82, 2.24) is 0 Å². The van der Waals surface area contributed by atoms with Crippen molar-refractivity contribution >= 4 is 11.6 Å². The summed E-state index contributed by atoms with van der Waals surface area (Å²) in [6.07, 6.45) is -4.67. The van der Waals surface area contributed by atoms with Crippen LogP contribution in [0.1, 0.15) is 18.6 Å². The molecule has 1 rings (SSSR count). The van der Waals surface area contributed by atoms with Gasteiger partial charge in [0.05, 0.1) is 6.10 Å². The van der Waals surface area contributed by atoms with Gasteiger partial charge in [-0.3, -0.25) is 0 Å². The normalized spacial score (nSPS) is 15.6. The van der Waals surface area contributed by atoms with Gasteiger partial charge in [0.15, 0.2) is 0 Å². The molecule has 0 aliphatic rings. The van der Waals surface area contributed by atoms with Gasteiger partial charge >= 0.3 is 12.3 Å². The van der Waals surface area contributed by atoms with Gasteiger partial charge in [0.1, 0.15) is 6.61 Å². The van der Waals surface area contributed by atoms with E-state index in [1.807, 2.05) is 0 Å². The molecule has 2 unspecified atom stereocenters. The molecule has 1 aromatic carbocycles. The highest BCUT2D eigenvalue weighted by molar-refractivity contribution is 6.30. The lowest BCUT2D eigenvalue weighted by Crippen LogP contribution is -2.36. The minimum atomic E-state index is -4.19. The summed E-state index contributed by atoms with van der Waals surface area (Å²) in [5, 5.41) is 0.463. The molecule has 0 amide bonds. The van der Waals surface area contributed by atoms with Crippen molar-refractivity contribution in [3.8, 4) is 0 Å². The number of nitrogens with two attached hydrogens (primary N) is 1. The third-order valence-electron chi connectivity index (χ3n) is 2.45. The van der Waals surface area contributed by atoms with E-state index >= 15 is 0 Å². The number of alkyl halides is 4. The van der Waals surface area contributed by atoms with Crippen molar-refractivity contribution in [2.24, 2.45) is 5.73 Å². The molecule has 2 N–H and O–H groups in total. The maximum atomic E-state index is 12.8. The summed E-state index contributed by atoms with van der Waals surface area (Å²) in [5.41, 5.74) is 6.13. The number of rotatable bonds is 6. The van der Waals surface area contributed by atoms with E-state index in [0.717, 1.165) is 0 Å². The first-order valence-corrected chi connectivity index (χ1v) is 5.90. The second-order valence-electron chi connectivity index (χ2n) is 4.20. The summed E-state index contributed by atoms with van der Waals surface area (Å²) < 4.78 is 54.6. The predicted octanol–water partition coefficient (Wildman–Crippen LogP) is 3.65. The molecule has 0 saturated carbocycles. The van der Waals surface area contributed by atoms with Gasteiger partial charge in [-0.05, 0) is 24.6 Å². The third-order valence-corrected chi connectivity index (χ3v) is 2.70. The van der Waals surface area contributed by atoms with E-state index in [9.17, 15) is 17.6 Å². The van der Waals surface area contributed by atoms with Gasteiger partial charge in [-0.15, -0.1) is 0 Å². The lowest BCUT2D eigenvalue weighted by Gasteiger charge is -2.24. The minimum Gasteiger partial charge on any atom is -0.365 e. The predicted molar refractivity (Wildman–Crippen MR) is 64.7 cm³/mol. The highest BCUT2D eigenvalue weighted by Gasteiger charge is 2.42. The monoisotopic (exact) mass is 299 g/mol. The SMILES string of the molecule is CC(N)C(OCC(F)(F)C(F)F)c1ccc(Cl)cc1. The largest absolute Gasteiger partial charge is 0.365 e. The van der Waals surface area contributed by atoms with Crippen LogP contribution in [0.15, 0.2) is 24.3 Å². The Bertz CT molecular complexity index is 397. The molecule has 0 aliphatic heterocycles. The van der Waals surface area contributed by atoms with E-state index in [1.54, 1.807) is 31.2 Å². The average Bonchev–Trinajstić information content (AvgIpc) is 2.31. The zero-order valence-corrected chi connectivity index (χ0v) is 10.9. The Morgan fingerprint density at radius 3 is 2.21 bits per heavy atom. The molecule has 1 aromatic rings. The smallest absolute Gasteiger partial charge is 0.330 e. The molecule has 108 valence electrons. The molecule has 0 saturated heterocycles. The quantitative estimate of drug-likeness (QED) is 0.814. The molecule has 0 aromatic heterocycles. The van der Waals surface area contributed by atoms with E-state index < -0.39 is 31.1 Å². The lowest BCUT2D eigenvalue weighted by molar-refractivity contribution is -0.178. The van der Waals surface area contributed by atoms with Crippen LogP contribution in [0.4, 0.5) is 17.6 Å². The summed E-state index contributed by atoms with van der Waals surface area (Å²) in [4.78, 5) is 0. The first-order valence-electron chi connectivity index (χ1n) is 5.52. The molecule has 2 nitrogen and oxygen atoms in total. The summed E-state index contributed by atoms with van der Waals surface area (Å²) in [5.74, 6) is -4.19. The maximum absolute atomic E-state index is 12.8. The third kappa shape index (κ3) is 4.63. The van der Waals surface area contributed by atoms with E-state index in [-0.39, 0.29) is 0 Å². The van der Waals surface area contributed by atoms with Crippen LogP contribution in [-0.4, -0.2) is 25.0 Å². The maximum Gasteiger partial charge on any atom is 0.330 e. The van der Waals surface area contributed by atoms with Crippen LogP contribution in [-0.2, 0) is 4.74 Å². The zero-order valence-electron chi connectivity index (χ0n) is 10.1. The standard InChI is InChI=1S/C12H14ClF4NO/c1-7(18)10(8-2-4-9(13)5-3-8)19-6-12(16,17)11(14)15/h2-5,7,10-11H,6,18H2,1H3. The van der Waals surface area contributed by atoms with Crippen molar-refractivity contribution in [2.45, 2.75) is 31.4 Å². The number of benzene rings is 1. The van der Waals surface area contributed by atoms with Crippen LogP contribution in [0, 0.1) is 0 Å². The van der Waals surface area contributed by atoms with Crippen LogP contribution < -0.4 is 5.73 Å². The Balaban J connectivity index is 2.77. The van der Waals surface area contributed by atoms with Crippen molar-refractivity contribution < 1.29 is 22.3 Å². The van der Waals surface area contributed by atoms with Gasteiger partial charge in [0.2, 0.25) is 0 Å². The fraction of sp³-hybridized carbons (Fsp3) is 0.500. The van der Waals surface area contributed by atoms with E-state index in [4.69, 9.17) is 22.1 Å². The van der Waals surface area contributed by atoms with E-state index in [2.05, 4.69) is 0 Å².